The van der Waals surface area contributed by atoms with Crippen LogP contribution in [0.15, 0.2) is 30.5 Å². The third kappa shape index (κ3) is 2.74. The zero-order chi connectivity index (χ0) is 13.2. The Hall–Kier alpha value is -1.32. The quantitative estimate of drug-likeness (QED) is 0.757. The van der Waals surface area contributed by atoms with Gasteiger partial charge in [0.1, 0.15) is 0 Å². The van der Waals surface area contributed by atoms with Gasteiger partial charge in [-0.1, -0.05) is 32.0 Å². The van der Waals surface area contributed by atoms with Crippen molar-refractivity contribution in [3.8, 4) is 0 Å². The zero-order valence-corrected chi connectivity index (χ0v) is 11.5. The van der Waals surface area contributed by atoms with Crippen molar-refractivity contribution >= 4 is 10.9 Å². The minimum atomic E-state index is 0.0918. The molecule has 1 unspecified atom stereocenters. The largest absolute Gasteiger partial charge is 0.361 e. The number of H-pyrrole nitrogens is 1. The monoisotopic (exact) mass is 245 g/mol. The predicted octanol–water partition coefficient (Wildman–Crippen LogP) is 2.38. The van der Waals surface area contributed by atoms with Crippen LogP contribution in [0, 0.1) is 0 Å². The summed E-state index contributed by atoms with van der Waals surface area (Å²) < 4.78 is 0. The van der Waals surface area contributed by atoms with Crippen molar-refractivity contribution in [2.75, 3.05) is 13.1 Å². The molecule has 0 saturated heterocycles. The lowest BCUT2D eigenvalue weighted by Crippen LogP contribution is -2.38. The molecular formula is C15H23N3. The van der Waals surface area contributed by atoms with Crippen LogP contribution in [0.25, 0.3) is 10.9 Å². The van der Waals surface area contributed by atoms with Crippen LogP contribution in [-0.4, -0.2) is 24.1 Å². The first kappa shape index (κ1) is 13.1. The van der Waals surface area contributed by atoms with Crippen molar-refractivity contribution in [2.45, 2.75) is 32.2 Å². The van der Waals surface area contributed by atoms with Crippen LogP contribution < -0.4 is 11.1 Å². The van der Waals surface area contributed by atoms with Crippen LogP contribution in [-0.2, 0) is 5.41 Å². The lowest BCUT2D eigenvalue weighted by Gasteiger charge is -2.25. The molecule has 0 amide bonds. The van der Waals surface area contributed by atoms with Gasteiger partial charge in [-0.15, -0.1) is 0 Å². The van der Waals surface area contributed by atoms with Gasteiger partial charge in [-0.25, -0.2) is 0 Å². The van der Waals surface area contributed by atoms with Crippen LogP contribution in [0.2, 0.25) is 0 Å². The smallest absolute Gasteiger partial charge is 0.0457 e. The van der Waals surface area contributed by atoms with E-state index in [-0.39, 0.29) is 11.5 Å². The van der Waals surface area contributed by atoms with Crippen LogP contribution in [0.1, 0.15) is 26.3 Å². The minimum absolute atomic E-state index is 0.0918. The lowest BCUT2D eigenvalue weighted by molar-refractivity contribution is 0.461. The Labute approximate surface area is 109 Å². The number of nitrogens with one attached hydrogen (secondary N) is 2. The van der Waals surface area contributed by atoms with E-state index in [0.717, 1.165) is 13.1 Å². The van der Waals surface area contributed by atoms with E-state index < -0.39 is 0 Å². The lowest BCUT2D eigenvalue weighted by atomic mass is 9.84. The van der Waals surface area contributed by atoms with Crippen LogP contribution in [0.4, 0.5) is 0 Å². The van der Waals surface area contributed by atoms with Crippen LogP contribution >= 0.6 is 0 Å². The number of nitrogens with two attached hydrogens (primary N) is 1. The standard InChI is InChI=1S/C15H23N3/c1-11(16)8-17-10-15(2,3)13-9-18-14-7-5-4-6-12(13)14/h4-7,9,11,17-18H,8,10,16H2,1-3H3. The second kappa shape index (κ2) is 5.12. The molecule has 2 aromatic rings. The highest BCUT2D eigenvalue weighted by Crippen LogP contribution is 2.29. The Morgan fingerprint density at radius 3 is 2.78 bits per heavy atom. The Balaban J connectivity index is 2.18. The fourth-order valence-corrected chi connectivity index (χ4v) is 2.34. The summed E-state index contributed by atoms with van der Waals surface area (Å²) in [7, 11) is 0. The molecule has 0 aliphatic carbocycles. The highest BCUT2D eigenvalue weighted by molar-refractivity contribution is 5.84. The molecule has 1 aromatic heterocycles. The van der Waals surface area contributed by atoms with Crippen molar-refractivity contribution < 1.29 is 0 Å². The summed E-state index contributed by atoms with van der Waals surface area (Å²) >= 11 is 0. The molecule has 0 aliphatic rings. The first-order valence-corrected chi connectivity index (χ1v) is 6.53. The van der Waals surface area contributed by atoms with Gasteiger partial charge in [0.05, 0.1) is 0 Å². The molecule has 1 atom stereocenters. The Morgan fingerprint density at radius 1 is 1.33 bits per heavy atom. The van der Waals surface area contributed by atoms with E-state index in [4.69, 9.17) is 5.73 Å². The number of hydrogen-bond acceptors (Lipinski definition) is 2. The maximum absolute atomic E-state index is 5.76. The molecule has 3 nitrogen and oxygen atoms in total. The minimum Gasteiger partial charge on any atom is -0.361 e. The van der Waals surface area contributed by atoms with Gasteiger partial charge in [0.15, 0.2) is 0 Å². The van der Waals surface area contributed by atoms with E-state index >= 15 is 0 Å². The summed E-state index contributed by atoms with van der Waals surface area (Å²) in [5.74, 6) is 0. The molecule has 1 heterocycles. The number of benzene rings is 1. The van der Waals surface area contributed by atoms with Gasteiger partial charge in [0, 0.05) is 41.6 Å². The first-order valence-electron chi connectivity index (χ1n) is 6.53. The molecule has 3 heteroatoms. The van der Waals surface area contributed by atoms with Crippen molar-refractivity contribution in [1.82, 2.24) is 10.3 Å². The van der Waals surface area contributed by atoms with Gasteiger partial charge < -0.3 is 16.0 Å². The number of rotatable bonds is 5. The van der Waals surface area contributed by atoms with Crippen LogP contribution in [0.3, 0.4) is 0 Å². The topological polar surface area (TPSA) is 53.8 Å². The van der Waals surface area contributed by atoms with Crippen molar-refractivity contribution in [2.24, 2.45) is 5.73 Å². The molecule has 0 fully saturated rings. The first-order chi connectivity index (χ1) is 8.50. The van der Waals surface area contributed by atoms with Gasteiger partial charge in [0.25, 0.3) is 0 Å². The Kier molecular flexibility index (Phi) is 3.73. The van der Waals surface area contributed by atoms with Crippen molar-refractivity contribution in [3.63, 3.8) is 0 Å². The van der Waals surface area contributed by atoms with Gasteiger partial charge in [-0.05, 0) is 18.6 Å². The summed E-state index contributed by atoms with van der Waals surface area (Å²) in [4.78, 5) is 3.34. The average Bonchev–Trinajstić information content (AvgIpc) is 2.72. The second-order valence-electron chi connectivity index (χ2n) is 5.74. The Bertz CT molecular complexity index is 511. The highest BCUT2D eigenvalue weighted by Gasteiger charge is 2.23. The second-order valence-corrected chi connectivity index (χ2v) is 5.74. The average molecular weight is 245 g/mol. The number of fused-ring (bicyclic) bond motifs is 1. The van der Waals surface area contributed by atoms with E-state index in [9.17, 15) is 0 Å². The molecule has 0 saturated carbocycles. The van der Waals surface area contributed by atoms with Crippen LogP contribution in [0.5, 0.6) is 0 Å². The summed E-state index contributed by atoms with van der Waals surface area (Å²) in [6.07, 6.45) is 2.12. The van der Waals surface area contributed by atoms with Gasteiger partial charge in [0.2, 0.25) is 0 Å². The molecule has 2 rings (SSSR count). The summed E-state index contributed by atoms with van der Waals surface area (Å²) in [5.41, 5.74) is 8.41. The summed E-state index contributed by atoms with van der Waals surface area (Å²) in [5, 5.41) is 4.75. The van der Waals surface area contributed by atoms with Gasteiger partial charge in [-0.2, -0.15) is 0 Å². The number of aromatic nitrogens is 1. The number of hydrogen-bond donors (Lipinski definition) is 3. The maximum Gasteiger partial charge on any atom is 0.0457 e. The molecule has 1 aromatic carbocycles. The molecular weight excluding hydrogens is 222 g/mol. The Morgan fingerprint density at radius 2 is 2.06 bits per heavy atom. The van der Waals surface area contributed by atoms with Gasteiger partial charge >= 0.3 is 0 Å². The van der Waals surface area contributed by atoms with E-state index in [1.165, 1.54) is 16.5 Å². The van der Waals surface area contributed by atoms with Crippen molar-refractivity contribution in [3.05, 3.63) is 36.0 Å². The zero-order valence-electron chi connectivity index (χ0n) is 11.5. The number of para-hydroxylation sites is 1. The van der Waals surface area contributed by atoms with E-state index in [1.54, 1.807) is 0 Å². The predicted molar refractivity (Wildman–Crippen MR) is 77.8 cm³/mol. The fraction of sp³-hybridized carbons (Fsp3) is 0.467. The molecule has 0 aliphatic heterocycles. The SMILES string of the molecule is CC(N)CNCC(C)(C)c1c[nH]c2ccccc12. The molecule has 18 heavy (non-hydrogen) atoms. The van der Waals surface area contributed by atoms with Gasteiger partial charge in [-0.3, -0.25) is 0 Å². The third-order valence-corrected chi connectivity index (χ3v) is 3.35. The number of aromatic amines is 1. The fourth-order valence-electron chi connectivity index (χ4n) is 2.34. The molecule has 98 valence electrons. The summed E-state index contributed by atoms with van der Waals surface area (Å²) in [6, 6.07) is 8.64. The maximum atomic E-state index is 5.76. The third-order valence-electron chi connectivity index (χ3n) is 3.35. The van der Waals surface area contributed by atoms with E-state index in [2.05, 4.69) is 54.6 Å². The van der Waals surface area contributed by atoms with E-state index in [0.29, 0.717) is 0 Å². The highest BCUT2D eigenvalue weighted by atomic mass is 14.9. The molecule has 0 spiro atoms. The molecule has 0 radical (unpaired) electrons. The summed E-state index contributed by atoms with van der Waals surface area (Å²) in [6.45, 7) is 8.32. The van der Waals surface area contributed by atoms with Crippen molar-refractivity contribution in [1.29, 1.82) is 0 Å². The molecule has 4 N–H and O–H groups in total. The molecule has 0 bridgehead atoms. The normalized spacial score (nSPS) is 14.0. The van der Waals surface area contributed by atoms with E-state index in [1.807, 2.05) is 6.92 Å².